The van der Waals surface area contributed by atoms with Crippen molar-refractivity contribution in [2.45, 2.75) is 10.9 Å². The smallest absolute Gasteiger partial charge is 0.264 e. The molecule has 8 heteroatoms. The molecule has 0 saturated carbocycles. The maximum atomic E-state index is 13.6. The molecule has 6 nitrogen and oxygen atoms in total. The summed E-state index contributed by atoms with van der Waals surface area (Å²) in [6.45, 7) is -0.391. The molecule has 0 aliphatic heterocycles. The number of rotatable bonds is 9. The van der Waals surface area contributed by atoms with Gasteiger partial charge in [-0.25, -0.2) is 8.42 Å². The van der Waals surface area contributed by atoms with Gasteiger partial charge in [-0.2, -0.15) is 0 Å². The average molecular weight is 565 g/mol. The van der Waals surface area contributed by atoms with Gasteiger partial charge in [0, 0.05) is 4.47 Å². The minimum absolute atomic E-state index is 0.107. The summed E-state index contributed by atoms with van der Waals surface area (Å²) in [7, 11) is -2.40. The van der Waals surface area contributed by atoms with Crippen LogP contribution in [0.1, 0.15) is 17.2 Å². The molecule has 36 heavy (non-hydrogen) atoms. The number of nitrogens with one attached hydrogen (secondary N) is 1. The fraction of sp³-hybridized carbons (Fsp3) is 0.107. The number of amides is 1. The minimum atomic E-state index is -4.00. The number of carbonyl (C=O) groups excluding carboxylic acids is 1. The fourth-order valence-corrected chi connectivity index (χ4v) is 5.49. The number of sulfonamides is 1. The zero-order chi connectivity index (χ0) is 25.5. The van der Waals surface area contributed by atoms with Crippen LogP contribution in [0.2, 0.25) is 0 Å². The molecule has 1 unspecified atom stereocenters. The average Bonchev–Trinajstić information content (AvgIpc) is 2.92. The summed E-state index contributed by atoms with van der Waals surface area (Å²) >= 11 is 3.38. The lowest BCUT2D eigenvalue weighted by Crippen LogP contribution is -2.42. The second kappa shape index (κ2) is 11.4. The maximum Gasteiger partial charge on any atom is 0.264 e. The normalized spacial score (nSPS) is 11.9. The minimum Gasteiger partial charge on any atom is -0.497 e. The van der Waals surface area contributed by atoms with E-state index in [0.717, 1.165) is 19.9 Å². The summed E-state index contributed by atoms with van der Waals surface area (Å²) in [6, 6.07) is 31.4. The molecule has 0 aromatic heterocycles. The predicted octanol–water partition coefficient (Wildman–Crippen LogP) is 5.56. The molecule has 0 fully saturated rings. The molecule has 4 aromatic rings. The van der Waals surface area contributed by atoms with Crippen LogP contribution in [0.25, 0.3) is 0 Å². The summed E-state index contributed by atoms with van der Waals surface area (Å²) in [5.74, 6) is 0.259. The van der Waals surface area contributed by atoms with E-state index < -0.39 is 28.5 Å². The van der Waals surface area contributed by atoms with Crippen molar-refractivity contribution in [1.29, 1.82) is 0 Å². The van der Waals surface area contributed by atoms with Crippen LogP contribution < -0.4 is 14.4 Å². The fourth-order valence-electron chi connectivity index (χ4n) is 3.78. The van der Waals surface area contributed by atoms with Crippen LogP contribution >= 0.6 is 15.9 Å². The summed E-state index contributed by atoms with van der Waals surface area (Å²) in [4.78, 5) is 13.5. The van der Waals surface area contributed by atoms with Crippen LogP contribution in [0, 0.1) is 0 Å². The molecule has 1 N–H and O–H groups in total. The lowest BCUT2D eigenvalue weighted by atomic mass is 9.98. The van der Waals surface area contributed by atoms with Crippen LogP contribution in [0.4, 0.5) is 5.69 Å². The Bertz CT molecular complexity index is 1400. The van der Waals surface area contributed by atoms with E-state index in [2.05, 4.69) is 21.2 Å². The molecule has 0 radical (unpaired) electrons. The molecule has 0 saturated heterocycles. The molecular formula is C28H25BrN2O4S. The monoisotopic (exact) mass is 564 g/mol. The second-order valence-corrected chi connectivity index (χ2v) is 10.8. The van der Waals surface area contributed by atoms with Crippen molar-refractivity contribution < 1.29 is 17.9 Å². The molecule has 0 aliphatic carbocycles. The van der Waals surface area contributed by atoms with E-state index in [1.807, 2.05) is 54.6 Å². The standard InChI is InChI=1S/C28H25BrN2O4S/c1-35-25-18-12-22(13-19-25)28(21-8-4-2-5-9-21)30-27(32)20-31(24-16-14-23(29)15-17-24)36(33,34)26-10-6-3-7-11-26/h2-19,28H,20H2,1H3,(H,30,32). The van der Waals surface area contributed by atoms with E-state index in [1.54, 1.807) is 49.6 Å². The summed E-state index contributed by atoms with van der Waals surface area (Å²) in [6.07, 6.45) is 0. The Morgan fingerprint density at radius 3 is 1.97 bits per heavy atom. The van der Waals surface area contributed by atoms with Gasteiger partial charge in [-0.15, -0.1) is 0 Å². The van der Waals surface area contributed by atoms with Crippen molar-refractivity contribution in [3.8, 4) is 5.75 Å². The Balaban J connectivity index is 1.66. The van der Waals surface area contributed by atoms with E-state index in [0.29, 0.717) is 11.4 Å². The molecule has 1 atom stereocenters. The third kappa shape index (κ3) is 5.95. The predicted molar refractivity (Wildman–Crippen MR) is 145 cm³/mol. The molecule has 0 bridgehead atoms. The number of carbonyl (C=O) groups is 1. The SMILES string of the molecule is COc1ccc(C(NC(=O)CN(c2ccc(Br)cc2)S(=O)(=O)c2ccccc2)c2ccccc2)cc1. The number of anilines is 1. The van der Waals surface area contributed by atoms with Gasteiger partial charge in [-0.1, -0.05) is 76.6 Å². The van der Waals surface area contributed by atoms with Gasteiger partial charge < -0.3 is 10.1 Å². The molecule has 0 aliphatic rings. The van der Waals surface area contributed by atoms with E-state index in [1.165, 1.54) is 12.1 Å². The van der Waals surface area contributed by atoms with Gasteiger partial charge in [0.25, 0.3) is 10.0 Å². The quantitative estimate of drug-likeness (QED) is 0.289. The number of ether oxygens (including phenoxy) is 1. The topological polar surface area (TPSA) is 75.7 Å². The Hall–Kier alpha value is -3.62. The Morgan fingerprint density at radius 2 is 1.39 bits per heavy atom. The van der Waals surface area contributed by atoms with Gasteiger partial charge in [0.2, 0.25) is 5.91 Å². The summed E-state index contributed by atoms with van der Waals surface area (Å²) in [5.41, 5.74) is 2.10. The van der Waals surface area contributed by atoms with Gasteiger partial charge in [-0.3, -0.25) is 9.10 Å². The first-order valence-electron chi connectivity index (χ1n) is 11.2. The van der Waals surface area contributed by atoms with Crippen molar-refractivity contribution in [1.82, 2.24) is 5.32 Å². The third-order valence-electron chi connectivity index (χ3n) is 5.62. The molecule has 4 aromatic carbocycles. The second-order valence-electron chi connectivity index (χ2n) is 7.99. The summed E-state index contributed by atoms with van der Waals surface area (Å²) < 4.78 is 34.3. The first-order valence-corrected chi connectivity index (χ1v) is 13.4. The van der Waals surface area contributed by atoms with Crippen LogP contribution in [0.3, 0.4) is 0 Å². The molecule has 1 amide bonds. The van der Waals surface area contributed by atoms with E-state index in [9.17, 15) is 13.2 Å². The van der Waals surface area contributed by atoms with Crippen LogP contribution in [0.15, 0.2) is 119 Å². The number of halogens is 1. The zero-order valence-corrected chi connectivity index (χ0v) is 21.9. The number of benzene rings is 4. The lowest BCUT2D eigenvalue weighted by Gasteiger charge is -2.26. The van der Waals surface area contributed by atoms with Gasteiger partial charge in [0.15, 0.2) is 0 Å². The largest absolute Gasteiger partial charge is 0.497 e. The number of nitrogens with zero attached hydrogens (tertiary/aromatic N) is 1. The maximum absolute atomic E-state index is 13.6. The highest BCUT2D eigenvalue weighted by molar-refractivity contribution is 9.10. The molecule has 0 heterocycles. The van der Waals surface area contributed by atoms with Crippen molar-refractivity contribution >= 4 is 37.5 Å². The van der Waals surface area contributed by atoms with Gasteiger partial charge in [0.05, 0.1) is 23.7 Å². The van der Waals surface area contributed by atoms with Crippen LogP contribution in [-0.2, 0) is 14.8 Å². The highest BCUT2D eigenvalue weighted by Gasteiger charge is 2.28. The number of methoxy groups -OCH3 is 1. The lowest BCUT2D eigenvalue weighted by molar-refractivity contribution is -0.120. The van der Waals surface area contributed by atoms with Crippen molar-refractivity contribution in [3.63, 3.8) is 0 Å². The van der Waals surface area contributed by atoms with Crippen molar-refractivity contribution in [2.75, 3.05) is 18.0 Å². The molecule has 184 valence electrons. The van der Waals surface area contributed by atoms with E-state index in [-0.39, 0.29) is 4.90 Å². The van der Waals surface area contributed by atoms with Crippen molar-refractivity contribution in [2.24, 2.45) is 0 Å². The Labute approximate surface area is 219 Å². The molecule has 4 rings (SSSR count). The van der Waals surface area contributed by atoms with Gasteiger partial charge >= 0.3 is 0 Å². The highest BCUT2D eigenvalue weighted by Crippen LogP contribution is 2.27. The van der Waals surface area contributed by atoms with Gasteiger partial charge in [0.1, 0.15) is 12.3 Å². The third-order valence-corrected chi connectivity index (χ3v) is 7.94. The highest BCUT2D eigenvalue weighted by atomic mass is 79.9. The summed E-state index contributed by atoms with van der Waals surface area (Å²) in [5, 5.41) is 3.03. The first-order chi connectivity index (χ1) is 17.4. The van der Waals surface area contributed by atoms with Crippen molar-refractivity contribution in [3.05, 3.63) is 125 Å². The zero-order valence-electron chi connectivity index (χ0n) is 19.5. The van der Waals surface area contributed by atoms with E-state index >= 15 is 0 Å². The van der Waals surface area contributed by atoms with Gasteiger partial charge in [-0.05, 0) is 59.7 Å². The Kier molecular flexibility index (Phi) is 8.07. The Morgan fingerprint density at radius 1 is 0.833 bits per heavy atom. The van der Waals surface area contributed by atoms with E-state index in [4.69, 9.17) is 4.74 Å². The number of hydrogen-bond acceptors (Lipinski definition) is 4. The number of hydrogen-bond donors (Lipinski definition) is 1. The first kappa shape index (κ1) is 25.5. The van der Waals surface area contributed by atoms with Crippen LogP contribution in [0.5, 0.6) is 5.75 Å². The molecule has 0 spiro atoms. The molecular weight excluding hydrogens is 540 g/mol. The van der Waals surface area contributed by atoms with Crippen LogP contribution in [-0.4, -0.2) is 28.0 Å².